The second kappa shape index (κ2) is 7.73. The summed E-state index contributed by atoms with van der Waals surface area (Å²) >= 11 is 5.81. The predicted molar refractivity (Wildman–Crippen MR) is 110 cm³/mol. The van der Waals surface area contributed by atoms with E-state index in [9.17, 15) is 14.0 Å². The molecule has 1 spiro atoms. The topological polar surface area (TPSA) is 86.7 Å². The Labute approximate surface area is 182 Å². The Bertz CT molecular complexity index is 1120. The summed E-state index contributed by atoms with van der Waals surface area (Å²) in [6.07, 6.45) is -0.182. The smallest absolute Gasteiger partial charge is 0.281 e. The van der Waals surface area contributed by atoms with Crippen LogP contribution < -0.4 is 19.1 Å². The second-order valence-corrected chi connectivity index (χ2v) is 7.40. The lowest BCUT2D eigenvalue weighted by Crippen LogP contribution is -2.40. The molecule has 0 aliphatic carbocycles. The zero-order chi connectivity index (χ0) is 22.3. The molecule has 1 saturated heterocycles. The first-order valence-corrected chi connectivity index (χ1v) is 9.60. The van der Waals surface area contributed by atoms with Crippen LogP contribution in [0.25, 0.3) is 0 Å². The van der Waals surface area contributed by atoms with Crippen LogP contribution in [-0.4, -0.2) is 44.5 Å². The predicted octanol–water partition coefficient (Wildman–Crippen LogP) is 3.33. The molecule has 10 heteroatoms. The molecule has 0 saturated carbocycles. The number of carbonyl (C=O) groups excluding carboxylic acids is 2. The summed E-state index contributed by atoms with van der Waals surface area (Å²) in [6.45, 7) is 0. The van der Waals surface area contributed by atoms with E-state index in [1.807, 2.05) is 0 Å². The van der Waals surface area contributed by atoms with E-state index in [0.717, 1.165) is 11.0 Å². The van der Waals surface area contributed by atoms with Crippen molar-refractivity contribution >= 4 is 34.8 Å². The molecule has 0 aromatic heterocycles. The number of ether oxygens (including phenoxy) is 3. The summed E-state index contributed by atoms with van der Waals surface area (Å²) < 4.78 is 29.7. The summed E-state index contributed by atoms with van der Waals surface area (Å²) in [7, 11) is 4.45. The largest absolute Gasteiger partial charge is 0.493 e. The molecule has 2 aliphatic rings. The summed E-state index contributed by atoms with van der Waals surface area (Å²) in [4.78, 5) is 32.3. The summed E-state index contributed by atoms with van der Waals surface area (Å²) in [5.74, 6) is -0.559. The van der Waals surface area contributed by atoms with Crippen molar-refractivity contribution in [1.82, 2.24) is 0 Å². The summed E-state index contributed by atoms with van der Waals surface area (Å²) in [5, 5.41) is 3.88. The van der Waals surface area contributed by atoms with E-state index in [1.165, 1.54) is 33.5 Å². The van der Waals surface area contributed by atoms with Gasteiger partial charge in [-0.05, 0) is 30.3 Å². The molecule has 4 rings (SSSR count). The molecule has 0 N–H and O–H groups in total. The number of oxime groups is 1. The molecule has 0 radical (unpaired) electrons. The molecule has 8 nitrogen and oxygen atoms in total. The number of rotatable bonds is 5. The second-order valence-electron chi connectivity index (χ2n) is 6.99. The van der Waals surface area contributed by atoms with E-state index >= 15 is 0 Å². The third-order valence-corrected chi connectivity index (χ3v) is 5.53. The first kappa shape index (κ1) is 20.9. The molecule has 2 amide bonds. The van der Waals surface area contributed by atoms with Crippen LogP contribution in [0.3, 0.4) is 0 Å². The average Bonchev–Trinajstić information content (AvgIpc) is 3.29. The van der Waals surface area contributed by atoms with Crippen molar-refractivity contribution in [2.24, 2.45) is 5.16 Å². The number of carbonyl (C=O) groups is 2. The first-order chi connectivity index (χ1) is 14.8. The highest BCUT2D eigenvalue weighted by Gasteiger charge is 2.58. The normalized spacial score (nSPS) is 20.2. The quantitative estimate of drug-likeness (QED) is 0.652. The van der Waals surface area contributed by atoms with Gasteiger partial charge in [0.15, 0.2) is 11.5 Å². The molecule has 0 bridgehead atoms. The SMILES string of the molecule is COc1ccc(C2=NO[C@]3(CC(=O)N(c4ccc(F)c(Cl)c4)C3=O)C2)c(OC)c1OC. The fourth-order valence-corrected chi connectivity index (χ4v) is 3.94. The molecule has 2 aliphatic heterocycles. The van der Waals surface area contributed by atoms with Crippen LogP contribution in [0.1, 0.15) is 18.4 Å². The van der Waals surface area contributed by atoms with Crippen molar-refractivity contribution in [3.8, 4) is 17.2 Å². The van der Waals surface area contributed by atoms with E-state index in [0.29, 0.717) is 28.5 Å². The first-order valence-electron chi connectivity index (χ1n) is 9.22. The van der Waals surface area contributed by atoms with Gasteiger partial charge in [0.25, 0.3) is 5.91 Å². The van der Waals surface area contributed by atoms with Crippen molar-refractivity contribution in [1.29, 1.82) is 0 Å². The molecule has 1 fully saturated rings. The maximum Gasteiger partial charge on any atom is 0.281 e. The fourth-order valence-electron chi connectivity index (χ4n) is 3.76. The minimum Gasteiger partial charge on any atom is -0.493 e. The van der Waals surface area contributed by atoms with Gasteiger partial charge >= 0.3 is 0 Å². The van der Waals surface area contributed by atoms with Gasteiger partial charge in [0.2, 0.25) is 17.3 Å². The van der Waals surface area contributed by atoms with Crippen LogP contribution >= 0.6 is 11.6 Å². The molecule has 2 aromatic carbocycles. The van der Waals surface area contributed by atoms with Crippen LogP contribution in [0.5, 0.6) is 17.2 Å². The van der Waals surface area contributed by atoms with Crippen LogP contribution in [-0.2, 0) is 14.4 Å². The number of anilines is 1. The number of methoxy groups -OCH3 is 3. The number of benzene rings is 2. The lowest BCUT2D eigenvalue weighted by atomic mass is 9.92. The number of amides is 2. The Morgan fingerprint density at radius 2 is 1.81 bits per heavy atom. The highest BCUT2D eigenvalue weighted by atomic mass is 35.5. The number of hydrogen-bond acceptors (Lipinski definition) is 7. The molecule has 2 aromatic rings. The monoisotopic (exact) mass is 448 g/mol. The molecule has 2 heterocycles. The Morgan fingerprint density at radius 3 is 2.45 bits per heavy atom. The van der Waals surface area contributed by atoms with Gasteiger partial charge < -0.3 is 19.0 Å². The highest BCUT2D eigenvalue weighted by Crippen LogP contribution is 2.44. The number of hydrogen-bond donors (Lipinski definition) is 0. The van der Waals surface area contributed by atoms with Gasteiger partial charge in [-0.3, -0.25) is 9.59 Å². The number of nitrogens with zero attached hydrogens (tertiary/aromatic N) is 2. The van der Waals surface area contributed by atoms with Gasteiger partial charge in [-0.2, -0.15) is 0 Å². The minimum atomic E-state index is -1.49. The van der Waals surface area contributed by atoms with Crippen LogP contribution in [0.4, 0.5) is 10.1 Å². The van der Waals surface area contributed by atoms with Crippen LogP contribution in [0.2, 0.25) is 5.02 Å². The molecular weight excluding hydrogens is 431 g/mol. The maximum atomic E-state index is 13.5. The van der Waals surface area contributed by atoms with Crippen molar-refractivity contribution < 1.29 is 33.0 Å². The molecular formula is C21H18ClFN2O6. The van der Waals surface area contributed by atoms with Gasteiger partial charge in [0.1, 0.15) is 5.82 Å². The van der Waals surface area contributed by atoms with Crippen LogP contribution in [0.15, 0.2) is 35.5 Å². The maximum absolute atomic E-state index is 13.5. The lowest BCUT2D eigenvalue weighted by Gasteiger charge is -2.20. The van der Waals surface area contributed by atoms with Gasteiger partial charge in [-0.25, -0.2) is 9.29 Å². The molecule has 162 valence electrons. The average molecular weight is 449 g/mol. The summed E-state index contributed by atoms with van der Waals surface area (Å²) in [5.41, 5.74) is -0.372. The van der Waals surface area contributed by atoms with E-state index in [2.05, 4.69) is 5.16 Å². The molecule has 0 unspecified atom stereocenters. The van der Waals surface area contributed by atoms with Crippen molar-refractivity contribution in [3.63, 3.8) is 0 Å². The van der Waals surface area contributed by atoms with Gasteiger partial charge in [-0.1, -0.05) is 16.8 Å². The number of halogens is 2. The Kier molecular flexibility index (Phi) is 5.22. The van der Waals surface area contributed by atoms with E-state index in [4.69, 9.17) is 30.6 Å². The van der Waals surface area contributed by atoms with E-state index in [1.54, 1.807) is 12.1 Å². The lowest BCUT2D eigenvalue weighted by molar-refractivity contribution is -0.136. The third kappa shape index (κ3) is 3.25. The molecule has 31 heavy (non-hydrogen) atoms. The Balaban J connectivity index is 1.66. The van der Waals surface area contributed by atoms with Crippen molar-refractivity contribution in [2.45, 2.75) is 18.4 Å². The standard InChI is InChI=1S/C21H18ClFN2O6/c1-28-16-7-5-12(18(29-2)19(16)30-3)15-9-21(31-24-15)10-17(26)25(20(21)27)11-4-6-14(23)13(22)8-11/h4-8H,9-10H2,1-3H3/t21-/m0/s1. The Hall–Kier alpha value is -3.33. The highest BCUT2D eigenvalue weighted by molar-refractivity contribution is 6.32. The minimum absolute atomic E-state index is 0.0366. The van der Waals surface area contributed by atoms with Gasteiger partial charge in [-0.15, -0.1) is 0 Å². The van der Waals surface area contributed by atoms with E-state index in [-0.39, 0.29) is 23.6 Å². The van der Waals surface area contributed by atoms with Crippen LogP contribution in [0, 0.1) is 5.82 Å². The van der Waals surface area contributed by atoms with Gasteiger partial charge in [0, 0.05) is 12.0 Å². The van der Waals surface area contributed by atoms with E-state index < -0.39 is 23.2 Å². The van der Waals surface area contributed by atoms with Gasteiger partial charge in [0.05, 0.1) is 44.2 Å². The van der Waals surface area contributed by atoms with Crippen molar-refractivity contribution in [3.05, 3.63) is 46.7 Å². The third-order valence-electron chi connectivity index (χ3n) is 5.24. The fraction of sp³-hybridized carbons (Fsp3) is 0.286. The summed E-state index contributed by atoms with van der Waals surface area (Å²) in [6, 6.07) is 7.01. The van der Waals surface area contributed by atoms with Crippen molar-refractivity contribution in [2.75, 3.05) is 26.2 Å². The molecule has 1 atom stereocenters. The zero-order valence-corrected chi connectivity index (χ0v) is 17.7. The number of imide groups is 1. The zero-order valence-electron chi connectivity index (χ0n) is 16.9. The Morgan fingerprint density at radius 1 is 1.06 bits per heavy atom.